The van der Waals surface area contributed by atoms with Crippen molar-refractivity contribution in [2.75, 3.05) is 0 Å². The molecule has 4 rings (SSSR count). The Morgan fingerprint density at radius 2 is 2.11 bits per heavy atom. The van der Waals surface area contributed by atoms with Crippen LogP contribution in [-0.4, -0.2) is 15.1 Å². The monoisotopic (exact) mass is 377 g/mol. The summed E-state index contributed by atoms with van der Waals surface area (Å²) in [6, 6.07) is 10.2. The summed E-state index contributed by atoms with van der Waals surface area (Å²) in [5.74, 6) is 0.771. The predicted molar refractivity (Wildman–Crippen MR) is 98.2 cm³/mol. The van der Waals surface area contributed by atoms with Crippen LogP contribution in [0.4, 0.5) is 5.69 Å². The first-order chi connectivity index (χ1) is 13.4. The van der Waals surface area contributed by atoms with E-state index in [-0.39, 0.29) is 17.1 Å². The van der Waals surface area contributed by atoms with Crippen molar-refractivity contribution in [1.29, 1.82) is 5.26 Å². The number of hydrogen-bond acceptors (Lipinski definition) is 7. The first-order valence-corrected chi connectivity index (χ1v) is 8.38. The highest BCUT2D eigenvalue weighted by molar-refractivity contribution is 5.65. The number of hydrogen-bond donors (Lipinski definition) is 2. The summed E-state index contributed by atoms with van der Waals surface area (Å²) in [5, 5.41) is 27.5. The molecular weight excluding hydrogens is 362 g/mol. The van der Waals surface area contributed by atoms with Gasteiger partial charge >= 0.3 is 0 Å². The highest BCUT2D eigenvalue weighted by Gasteiger charge is 2.36. The number of aromatic nitrogens is 2. The number of nitro benzene ring substituents is 1. The Kier molecular flexibility index (Phi) is 3.89. The number of nitriles is 1. The summed E-state index contributed by atoms with van der Waals surface area (Å²) in [4.78, 5) is 10.5. The van der Waals surface area contributed by atoms with E-state index in [9.17, 15) is 15.4 Å². The van der Waals surface area contributed by atoms with E-state index in [1.165, 1.54) is 12.1 Å². The van der Waals surface area contributed by atoms with Crippen molar-refractivity contribution in [3.63, 3.8) is 0 Å². The molecule has 3 N–H and O–H groups in total. The van der Waals surface area contributed by atoms with Gasteiger partial charge in [-0.05, 0) is 37.6 Å². The van der Waals surface area contributed by atoms with Crippen LogP contribution in [0.25, 0.3) is 11.3 Å². The summed E-state index contributed by atoms with van der Waals surface area (Å²) in [7, 11) is 0. The van der Waals surface area contributed by atoms with Gasteiger partial charge in [0.1, 0.15) is 23.2 Å². The molecule has 1 aliphatic rings. The van der Waals surface area contributed by atoms with E-state index >= 15 is 0 Å². The standard InChI is InChI=1S/C19H15N5O4/c1-9-7-11(24(25)26)3-4-12(9)14-5-6-15(27-14)17-13(8-20)18(21)28-19-16(17)10(2)22-23-19/h3-7,17H,21H2,1-2H3,(H,22,23)/t17-/m0/s1. The summed E-state index contributed by atoms with van der Waals surface area (Å²) < 4.78 is 11.5. The van der Waals surface area contributed by atoms with Crippen molar-refractivity contribution in [3.05, 3.63) is 74.5 Å². The van der Waals surface area contributed by atoms with Gasteiger partial charge in [-0.3, -0.25) is 15.2 Å². The van der Waals surface area contributed by atoms with Gasteiger partial charge in [0.2, 0.25) is 11.8 Å². The Bertz CT molecular complexity index is 1180. The Labute approximate surface area is 159 Å². The van der Waals surface area contributed by atoms with E-state index in [2.05, 4.69) is 16.3 Å². The number of nitrogens with one attached hydrogen (secondary N) is 1. The average Bonchev–Trinajstić information content (AvgIpc) is 3.28. The number of furan rings is 1. The summed E-state index contributed by atoms with van der Waals surface area (Å²) in [6.45, 7) is 3.60. The molecule has 0 fully saturated rings. The summed E-state index contributed by atoms with van der Waals surface area (Å²) in [6.07, 6.45) is 0. The molecule has 140 valence electrons. The fraction of sp³-hybridized carbons (Fsp3) is 0.158. The van der Waals surface area contributed by atoms with Crippen LogP contribution in [0.3, 0.4) is 0 Å². The lowest BCUT2D eigenvalue weighted by Gasteiger charge is -2.21. The molecule has 0 unspecified atom stereocenters. The number of nitrogens with two attached hydrogens (primary N) is 1. The predicted octanol–water partition coefficient (Wildman–Crippen LogP) is 3.41. The molecule has 1 atom stereocenters. The molecule has 3 aromatic rings. The van der Waals surface area contributed by atoms with Crippen LogP contribution in [0.1, 0.15) is 28.5 Å². The molecule has 9 heteroatoms. The van der Waals surface area contributed by atoms with Gasteiger partial charge in [0.05, 0.1) is 16.4 Å². The van der Waals surface area contributed by atoms with Gasteiger partial charge in [0.15, 0.2) is 0 Å². The second-order valence-corrected chi connectivity index (χ2v) is 6.45. The quantitative estimate of drug-likeness (QED) is 0.525. The van der Waals surface area contributed by atoms with E-state index in [0.717, 1.165) is 11.3 Å². The Hall–Kier alpha value is -4.06. The number of aromatic amines is 1. The van der Waals surface area contributed by atoms with E-state index in [1.54, 1.807) is 25.1 Å². The number of allylic oxidation sites excluding steroid dienone is 1. The maximum Gasteiger partial charge on any atom is 0.269 e. The van der Waals surface area contributed by atoms with Crippen molar-refractivity contribution in [2.24, 2.45) is 5.73 Å². The average molecular weight is 377 g/mol. The normalized spacial score (nSPS) is 15.7. The molecule has 1 aliphatic heterocycles. The molecule has 0 aliphatic carbocycles. The lowest BCUT2D eigenvalue weighted by molar-refractivity contribution is -0.384. The lowest BCUT2D eigenvalue weighted by atomic mass is 9.88. The highest BCUT2D eigenvalue weighted by Crippen LogP contribution is 2.44. The molecule has 0 radical (unpaired) electrons. The van der Waals surface area contributed by atoms with Gasteiger partial charge in [-0.2, -0.15) is 5.26 Å². The first-order valence-electron chi connectivity index (χ1n) is 8.38. The van der Waals surface area contributed by atoms with E-state index in [0.29, 0.717) is 28.5 Å². The fourth-order valence-electron chi connectivity index (χ4n) is 3.37. The van der Waals surface area contributed by atoms with Crippen molar-refractivity contribution in [1.82, 2.24) is 10.2 Å². The molecule has 0 saturated heterocycles. The number of nitrogens with zero attached hydrogens (tertiary/aromatic N) is 3. The minimum Gasteiger partial charge on any atom is -0.460 e. The Morgan fingerprint density at radius 3 is 2.79 bits per heavy atom. The molecule has 2 aromatic heterocycles. The van der Waals surface area contributed by atoms with Crippen LogP contribution in [0.15, 0.2) is 46.2 Å². The van der Waals surface area contributed by atoms with Gasteiger partial charge in [-0.25, -0.2) is 0 Å². The van der Waals surface area contributed by atoms with Crippen LogP contribution >= 0.6 is 0 Å². The van der Waals surface area contributed by atoms with E-state index in [1.807, 2.05) is 6.92 Å². The van der Waals surface area contributed by atoms with Gasteiger partial charge in [-0.15, -0.1) is 5.10 Å². The third kappa shape index (κ3) is 2.59. The minimum atomic E-state index is -0.556. The second kappa shape index (κ2) is 6.28. The first kappa shape index (κ1) is 17.4. The fourth-order valence-corrected chi connectivity index (χ4v) is 3.37. The summed E-state index contributed by atoms with van der Waals surface area (Å²) >= 11 is 0. The van der Waals surface area contributed by atoms with Gasteiger partial charge in [0.25, 0.3) is 5.69 Å². The molecular formula is C19H15N5O4. The third-order valence-corrected chi connectivity index (χ3v) is 4.73. The third-order valence-electron chi connectivity index (χ3n) is 4.73. The highest BCUT2D eigenvalue weighted by atomic mass is 16.6. The number of fused-ring (bicyclic) bond motifs is 1. The van der Waals surface area contributed by atoms with Gasteiger partial charge in [0, 0.05) is 23.4 Å². The molecule has 9 nitrogen and oxygen atoms in total. The SMILES string of the molecule is Cc1cc([N+](=O)[O-])ccc1-c1ccc([C@@H]2C(C#N)=C(N)Oc3n[nH]c(C)c32)o1. The topological polar surface area (TPSA) is 144 Å². The molecule has 3 heterocycles. The molecule has 1 aromatic carbocycles. The Morgan fingerprint density at radius 1 is 1.32 bits per heavy atom. The lowest BCUT2D eigenvalue weighted by Crippen LogP contribution is -2.20. The van der Waals surface area contributed by atoms with Crippen LogP contribution in [-0.2, 0) is 0 Å². The molecule has 0 bridgehead atoms. The molecule has 0 amide bonds. The van der Waals surface area contributed by atoms with Gasteiger partial charge in [-0.1, -0.05) is 0 Å². The molecule has 0 saturated carbocycles. The maximum absolute atomic E-state index is 10.9. The van der Waals surface area contributed by atoms with Crippen molar-refractivity contribution < 1.29 is 14.1 Å². The van der Waals surface area contributed by atoms with Crippen LogP contribution in [0, 0.1) is 35.3 Å². The Balaban J connectivity index is 1.80. The van der Waals surface area contributed by atoms with E-state index in [4.69, 9.17) is 14.9 Å². The van der Waals surface area contributed by atoms with Crippen molar-refractivity contribution in [3.8, 4) is 23.3 Å². The molecule has 0 spiro atoms. The second-order valence-electron chi connectivity index (χ2n) is 6.45. The zero-order valence-corrected chi connectivity index (χ0v) is 15.0. The van der Waals surface area contributed by atoms with Crippen LogP contribution < -0.4 is 10.5 Å². The minimum absolute atomic E-state index is 0.0126. The smallest absolute Gasteiger partial charge is 0.269 e. The maximum atomic E-state index is 10.9. The number of nitro groups is 1. The number of ether oxygens (including phenoxy) is 1. The van der Waals surface area contributed by atoms with Crippen LogP contribution in [0.2, 0.25) is 0 Å². The van der Waals surface area contributed by atoms with Crippen molar-refractivity contribution >= 4 is 5.69 Å². The number of benzene rings is 1. The largest absolute Gasteiger partial charge is 0.460 e. The zero-order valence-electron chi connectivity index (χ0n) is 15.0. The zero-order chi connectivity index (χ0) is 20.0. The van der Waals surface area contributed by atoms with E-state index < -0.39 is 10.8 Å². The van der Waals surface area contributed by atoms with Crippen LogP contribution in [0.5, 0.6) is 5.88 Å². The molecule has 28 heavy (non-hydrogen) atoms. The number of H-pyrrole nitrogens is 1. The number of rotatable bonds is 3. The summed E-state index contributed by atoms with van der Waals surface area (Å²) in [5.41, 5.74) is 9.01. The van der Waals surface area contributed by atoms with Crippen molar-refractivity contribution in [2.45, 2.75) is 19.8 Å². The van der Waals surface area contributed by atoms with Gasteiger partial charge < -0.3 is 14.9 Å². The number of aryl methyl sites for hydroxylation is 2. The number of non-ortho nitro benzene ring substituents is 1.